The molecule has 0 radical (unpaired) electrons. The van der Waals surface area contributed by atoms with Crippen LogP contribution in [0.15, 0.2) is 36.4 Å². The van der Waals surface area contributed by atoms with Gasteiger partial charge in [-0.15, -0.1) is 0 Å². The van der Waals surface area contributed by atoms with Gasteiger partial charge < -0.3 is 20.1 Å². The van der Waals surface area contributed by atoms with E-state index in [1.54, 1.807) is 35.2 Å². The topological polar surface area (TPSA) is 78.9 Å². The molecule has 0 aliphatic carbocycles. The van der Waals surface area contributed by atoms with Gasteiger partial charge in [-0.1, -0.05) is 23.7 Å². The standard InChI is InChI=1S/C20H21ClN2O4/c1-13-16(21)3-2-4-17(13)22-19(25)10-20(26)23-7-8-27-18-6-5-14(12-24)9-15(18)11-23/h2-6,9,24H,7-8,10-12H2,1H3,(H,22,25). The fourth-order valence-electron chi connectivity index (χ4n) is 2.95. The lowest BCUT2D eigenvalue weighted by Gasteiger charge is -2.20. The van der Waals surface area contributed by atoms with Gasteiger partial charge in [0.1, 0.15) is 18.8 Å². The number of carbonyl (C=O) groups is 2. The molecule has 27 heavy (non-hydrogen) atoms. The fourth-order valence-corrected chi connectivity index (χ4v) is 3.12. The number of hydrogen-bond acceptors (Lipinski definition) is 4. The monoisotopic (exact) mass is 388 g/mol. The van der Waals surface area contributed by atoms with Gasteiger partial charge in [0.05, 0.1) is 13.2 Å². The molecule has 0 saturated heterocycles. The highest BCUT2D eigenvalue weighted by Crippen LogP contribution is 2.25. The number of fused-ring (bicyclic) bond motifs is 1. The minimum atomic E-state index is -0.389. The van der Waals surface area contributed by atoms with Gasteiger partial charge in [-0.3, -0.25) is 9.59 Å². The quantitative estimate of drug-likeness (QED) is 0.789. The number of anilines is 1. The highest BCUT2D eigenvalue weighted by Gasteiger charge is 2.22. The first kappa shape index (κ1) is 19.2. The lowest BCUT2D eigenvalue weighted by molar-refractivity contribution is -0.135. The van der Waals surface area contributed by atoms with Crippen LogP contribution in [0.1, 0.15) is 23.1 Å². The Bertz CT molecular complexity index is 869. The van der Waals surface area contributed by atoms with E-state index in [0.717, 1.165) is 16.7 Å². The molecule has 2 N–H and O–H groups in total. The zero-order valence-electron chi connectivity index (χ0n) is 15.0. The van der Waals surface area contributed by atoms with Crippen LogP contribution >= 0.6 is 11.6 Å². The molecule has 0 aromatic heterocycles. The van der Waals surface area contributed by atoms with Crippen LogP contribution in [-0.2, 0) is 22.7 Å². The van der Waals surface area contributed by atoms with E-state index < -0.39 is 0 Å². The van der Waals surface area contributed by atoms with Crippen LogP contribution in [-0.4, -0.2) is 35.0 Å². The number of benzene rings is 2. The molecule has 1 heterocycles. The number of amides is 2. The zero-order valence-corrected chi connectivity index (χ0v) is 15.8. The second-order valence-electron chi connectivity index (χ2n) is 6.40. The number of aliphatic hydroxyl groups is 1. The Balaban J connectivity index is 1.66. The average Bonchev–Trinajstić information content (AvgIpc) is 2.87. The summed E-state index contributed by atoms with van der Waals surface area (Å²) in [6.45, 7) is 2.81. The molecular weight excluding hydrogens is 368 g/mol. The lowest BCUT2D eigenvalue weighted by atomic mass is 10.1. The summed E-state index contributed by atoms with van der Waals surface area (Å²) in [7, 11) is 0. The predicted octanol–water partition coefficient (Wildman–Crippen LogP) is 2.89. The fraction of sp³-hybridized carbons (Fsp3) is 0.300. The Morgan fingerprint density at radius 3 is 2.89 bits per heavy atom. The lowest BCUT2D eigenvalue weighted by Crippen LogP contribution is -2.35. The zero-order chi connectivity index (χ0) is 19.4. The number of carbonyl (C=O) groups excluding carboxylic acids is 2. The summed E-state index contributed by atoms with van der Waals surface area (Å²) in [4.78, 5) is 26.5. The SMILES string of the molecule is Cc1c(Cl)cccc1NC(=O)CC(=O)N1CCOc2ccc(CO)cc2C1. The minimum absolute atomic E-state index is 0.0807. The van der Waals surface area contributed by atoms with Crippen molar-refractivity contribution < 1.29 is 19.4 Å². The van der Waals surface area contributed by atoms with Crippen molar-refractivity contribution in [2.24, 2.45) is 0 Å². The van der Waals surface area contributed by atoms with Crippen LogP contribution in [0.5, 0.6) is 5.75 Å². The van der Waals surface area contributed by atoms with Crippen molar-refractivity contribution in [3.63, 3.8) is 0 Å². The highest BCUT2D eigenvalue weighted by atomic mass is 35.5. The highest BCUT2D eigenvalue weighted by molar-refractivity contribution is 6.31. The second-order valence-corrected chi connectivity index (χ2v) is 6.81. The normalized spacial score (nSPS) is 13.4. The Hall–Kier alpha value is -2.57. The van der Waals surface area contributed by atoms with E-state index in [0.29, 0.717) is 36.2 Å². The first-order valence-corrected chi connectivity index (χ1v) is 9.04. The van der Waals surface area contributed by atoms with Gasteiger partial charge in [-0.25, -0.2) is 0 Å². The summed E-state index contributed by atoms with van der Waals surface area (Å²) >= 11 is 6.06. The largest absolute Gasteiger partial charge is 0.491 e. The average molecular weight is 389 g/mol. The molecule has 0 atom stereocenters. The summed E-state index contributed by atoms with van der Waals surface area (Å²) in [6.07, 6.45) is -0.263. The summed E-state index contributed by atoms with van der Waals surface area (Å²) in [5, 5.41) is 12.6. The Morgan fingerprint density at radius 1 is 1.30 bits per heavy atom. The van der Waals surface area contributed by atoms with Crippen LogP contribution < -0.4 is 10.1 Å². The molecule has 1 aliphatic heterocycles. The Labute approximate surface area is 162 Å². The van der Waals surface area contributed by atoms with E-state index >= 15 is 0 Å². The number of nitrogens with zero attached hydrogens (tertiary/aromatic N) is 1. The van der Waals surface area contributed by atoms with Crippen LogP contribution in [0, 0.1) is 6.92 Å². The number of rotatable bonds is 4. The van der Waals surface area contributed by atoms with Crippen LogP contribution in [0.3, 0.4) is 0 Å². The number of nitrogens with one attached hydrogen (secondary N) is 1. The van der Waals surface area contributed by atoms with Crippen molar-refractivity contribution >= 4 is 29.1 Å². The molecule has 3 rings (SSSR count). The van der Waals surface area contributed by atoms with Crippen molar-refractivity contribution in [3.8, 4) is 5.75 Å². The third kappa shape index (κ3) is 4.59. The number of halogens is 1. The molecule has 0 fully saturated rings. The van der Waals surface area contributed by atoms with Crippen molar-refractivity contribution in [1.29, 1.82) is 0 Å². The van der Waals surface area contributed by atoms with Crippen molar-refractivity contribution in [2.45, 2.75) is 26.5 Å². The van der Waals surface area contributed by atoms with E-state index in [1.165, 1.54) is 0 Å². The minimum Gasteiger partial charge on any atom is -0.491 e. The van der Waals surface area contributed by atoms with Gasteiger partial charge in [0.15, 0.2) is 0 Å². The maximum Gasteiger partial charge on any atom is 0.233 e. The molecule has 6 nitrogen and oxygen atoms in total. The number of ether oxygens (including phenoxy) is 1. The molecule has 0 bridgehead atoms. The van der Waals surface area contributed by atoms with Gasteiger partial charge in [0, 0.05) is 22.8 Å². The van der Waals surface area contributed by atoms with E-state index in [2.05, 4.69) is 5.32 Å². The van der Waals surface area contributed by atoms with Gasteiger partial charge in [0.25, 0.3) is 0 Å². The molecule has 2 amide bonds. The van der Waals surface area contributed by atoms with Crippen LogP contribution in [0.2, 0.25) is 5.02 Å². The Kier molecular flexibility index (Phi) is 5.98. The van der Waals surface area contributed by atoms with Crippen molar-refractivity contribution in [3.05, 3.63) is 58.1 Å². The molecule has 2 aromatic rings. The molecule has 0 saturated carbocycles. The summed E-state index contributed by atoms with van der Waals surface area (Å²) in [5.41, 5.74) is 2.92. The third-order valence-electron chi connectivity index (χ3n) is 4.49. The first-order valence-electron chi connectivity index (χ1n) is 8.66. The van der Waals surface area contributed by atoms with Crippen molar-refractivity contribution in [2.75, 3.05) is 18.5 Å². The molecule has 7 heteroatoms. The summed E-state index contributed by atoms with van der Waals surface area (Å²) in [6, 6.07) is 10.6. The number of aliphatic hydroxyl groups excluding tert-OH is 1. The smallest absolute Gasteiger partial charge is 0.233 e. The molecule has 1 aliphatic rings. The van der Waals surface area contributed by atoms with Crippen molar-refractivity contribution in [1.82, 2.24) is 4.90 Å². The van der Waals surface area contributed by atoms with E-state index in [1.807, 2.05) is 13.0 Å². The van der Waals surface area contributed by atoms with Crippen LogP contribution in [0.25, 0.3) is 0 Å². The van der Waals surface area contributed by atoms with E-state index in [9.17, 15) is 14.7 Å². The molecule has 0 unspecified atom stereocenters. The maximum atomic E-state index is 12.6. The van der Waals surface area contributed by atoms with Gasteiger partial charge in [0.2, 0.25) is 11.8 Å². The second kappa shape index (κ2) is 8.41. The van der Waals surface area contributed by atoms with Gasteiger partial charge in [-0.05, 0) is 42.3 Å². The van der Waals surface area contributed by atoms with Gasteiger partial charge >= 0.3 is 0 Å². The molecule has 2 aromatic carbocycles. The third-order valence-corrected chi connectivity index (χ3v) is 4.90. The Morgan fingerprint density at radius 2 is 2.11 bits per heavy atom. The van der Waals surface area contributed by atoms with Crippen LogP contribution in [0.4, 0.5) is 5.69 Å². The maximum absolute atomic E-state index is 12.6. The molecule has 0 spiro atoms. The van der Waals surface area contributed by atoms with E-state index in [-0.39, 0.29) is 24.8 Å². The predicted molar refractivity (Wildman–Crippen MR) is 103 cm³/mol. The van der Waals surface area contributed by atoms with E-state index in [4.69, 9.17) is 16.3 Å². The first-order chi connectivity index (χ1) is 13.0. The molecular formula is C20H21ClN2O4. The summed E-state index contributed by atoms with van der Waals surface area (Å²) < 4.78 is 5.67. The van der Waals surface area contributed by atoms with Gasteiger partial charge in [-0.2, -0.15) is 0 Å². The summed E-state index contributed by atoms with van der Waals surface area (Å²) in [5.74, 6) is 0.0272. The number of hydrogen-bond donors (Lipinski definition) is 2. The molecule has 142 valence electrons.